The van der Waals surface area contributed by atoms with Crippen LogP contribution < -0.4 is 16.4 Å². The first-order valence-corrected chi connectivity index (χ1v) is 10.7. The molecule has 0 fully saturated rings. The van der Waals surface area contributed by atoms with E-state index in [0.29, 0.717) is 31.1 Å². The molecule has 0 bridgehead atoms. The topological polar surface area (TPSA) is 105 Å². The average molecular weight is 421 g/mol. The van der Waals surface area contributed by atoms with Gasteiger partial charge in [-0.3, -0.25) is 9.79 Å². The van der Waals surface area contributed by atoms with Gasteiger partial charge in [0.25, 0.3) is 5.91 Å². The number of nitrogens with one attached hydrogen (secondary N) is 2. The highest BCUT2D eigenvalue weighted by atomic mass is 32.1. The minimum atomic E-state index is -0.117. The summed E-state index contributed by atoms with van der Waals surface area (Å²) in [6.45, 7) is 5.80. The van der Waals surface area contributed by atoms with Crippen molar-refractivity contribution in [3.63, 3.8) is 0 Å². The van der Waals surface area contributed by atoms with Crippen molar-refractivity contribution in [2.24, 2.45) is 4.99 Å². The number of hydrogen-bond donors (Lipinski definition) is 3. The van der Waals surface area contributed by atoms with Crippen molar-refractivity contribution in [2.45, 2.75) is 20.3 Å². The standard InChI is InChI=1S/C22H24N6OS/c1-13-21(27-14(2)30-13)22(29)26-8-3-7-25-18-11-20(23)28-19-10-15(4-5-17(18)19)16-6-9-24-12-16/h4-6,9-11H,3,7-8,12H2,1-2H3,(H,26,29)(H3,23,25,28). The third-order valence-corrected chi connectivity index (χ3v) is 5.80. The Morgan fingerprint density at radius 2 is 2.07 bits per heavy atom. The molecule has 1 aromatic carbocycles. The van der Waals surface area contributed by atoms with Gasteiger partial charge in [-0.05, 0) is 43.5 Å². The monoisotopic (exact) mass is 420 g/mol. The van der Waals surface area contributed by atoms with Crippen molar-refractivity contribution in [1.82, 2.24) is 15.3 Å². The second kappa shape index (κ2) is 8.62. The predicted octanol–water partition coefficient (Wildman–Crippen LogP) is 3.59. The van der Waals surface area contributed by atoms with Gasteiger partial charge in [-0.15, -0.1) is 11.3 Å². The summed E-state index contributed by atoms with van der Waals surface area (Å²) in [4.78, 5) is 26.2. The number of pyridine rings is 1. The highest BCUT2D eigenvalue weighted by molar-refractivity contribution is 7.11. The molecule has 1 aliphatic rings. The number of nitrogens with two attached hydrogens (primary N) is 1. The van der Waals surface area contributed by atoms with Crippen molar-refractivity contribution in [1.29, 1.82) is 0 Å². The Balaban J connectivity index is 1.36. The zero-order valence-electron chi connectivity index (χ0n) is 17.0. The molecule has 7 nitrogen and oxygen atoms in total. The van der Waals surface area contributed by atoms with Crippen LogP contribution in [0.15, 0.2) is 35.3 Å². The molecule has 0 atom stereocenters. The first-order valence-electron chi connectivity index (χ1n) is 9.87. The number of amides is 1. The Bertz CT molecular complexity index is 1160. The van der Waals surface area contributed by atoms with Crippen LogP contribution >= 0.6 is 11.3 Å². The van der Waals surface area contributed by atoms with Gasteiger partial charge in [0, 0.05) is 41.3 Å². The molecule has 3 heterocycles. The third kappa shape index (κ3) is 4.33. The van der Waals surface area contributed by atoms with Gasteiger partial charge in [-0.1, -0.05) is 12.1 Å². The zero-order valence-corrected chi connectivity index (χ0v) is 17.8. The number of carbonyl (C=O) groups is 1. The molecule has 0 saturated carbocycles. The number of aliphatic imine (C=N–C) groups is 1. The van der Waals surface area contributed by atoms with Crippen LogP contribution in [0, 0.1) is 13.8 Å². The number of allylic oxidation sites excluding steroid dienone is 1. The minimum Gasteiger partial charge on any atom is -0.384 e. The Kier molecular flexibility index (Phi) is 5.76. The number of hydrogen-bond acceptors (Lipinski definition) is 7. The van der Waals surface area contributed by atoms with E-state index in [1.54, 1.807) is 0 Å². The molecule has 4 N–H and O–H groups in total. The number of thiazole rings is 1. The molecule has 0 saturated heterocycles. The van der Waals surface area contributed by atoms with E-state index in [1.165, 1.54) is 16.9 Å². The molecule has 154 valence electrons. The summed E-state index contributed by atoms with van der Waals surface area (Å²) in [6, 6.07) is 8.05. The van der Waals surface area contributed by atoms with Crippen molar-refractivity contribution < 1.29 is 4.79 Å². The largest absolute Gasteiger partial charge is 0.384 e. The number of rotatable bonds is 7. The van der Waals surface area contributed by atoms with Crippen LogP contribution in [-0.4, -0.2) is 41.7 Å². The summed E-state index contributed by atoms with van der Waals surface area (Å²) in [5.74, 6) is 0.356. The van der Waals surface area contributed by atoms with E-state index in [2.05, 4.69) is 43.8 Å². The number of nitrogen functional groups attached to an aromatic ring is 1. The first-order chi connectivity index (χ1) is 14.5. The van der Waals surface area contributed by atoms with Crippen molar-refractivity contribution >= 4 is 51.4 Å². The van der Waals surface area contributed by atoms with Gasteiger partial charge < -0.3 is 16.4 Å². The van der Waals surface area contributed by atoms with E-state index < -0.39 is 0 Å². The highest BCUT2D eigenvalue weighted by Crippen LogP contribution is 2.28. The zero-order chi connectivity index (χ0) is 21.1. The maximum atomic E-state index is 12.2. The van der Waals surface area contributed by atoms with Gasteiger partial charge in [0.05, 0.1) is 17.1 Å². The van der Waals surface area contributed by atoms with Crippen molar-refractivity contribution in [3.05, 3.63) is 51.5 Å². The smallest absolute Gasteiger partial charge is 0.271 e. The van der Waals surface area contributed by atoms with Gasteiger partial charge in [0.1, 0.15) is 11.5 Å². The lowest BCUT2D eigenvalue weighted by Gasteiger charge is -2.12. The van der Waals surface area contributed by atoms with Crippen molar-refractivity contribution in [2.75, 3.05) is 30.7 Å². The van der Waals surface area contributed by atoms with Crippen LogP contribution in [0.1, 0.15) is 32.4 Å². The van der Waals surface area contributed by atoms with Gasteiger partial charge in [-0.25, -0.2) is 9.97 Å². The fraction of sp³-hybridized carbons (Fsp3) is 0.273. The average Bonchev–Trinajstić information content (AvgIpc) is 3.36. The number of aryl methyl sites for hydroxylation is 2. The van der Waals surface area contributed by atoms with Gasteiger partial charge in [0.15, 0.2) is 0 Å². The van der Waals surface area contributed by atoms with E-state index in [-0.39, 0.29) is 5.91 Å². The summed E-state index contributed by atoms with van der Waals surface area (Å²) < 4.78 is 0. The Morgan fingerprint density at radius 3 is 2.80 bits per heavy atom. The highest BCUT2D eigenvalue weighted by Gasteiger charge is 2.13. The number of anilines is 2. The minimum absolute atomic E-state index is 0.117. The second-order valence-corrected chi connectivity index (χ2v) is 8.59. The van der Waals surface area contributed by atoms with E-state index in [0.717, 1.165) is 38.5 Å². The Morgan fingerprint density at radius 1 is 1.20 bits per heavy atom. The fourth-order valence-corrected chi connectivity index (χ4v) is 4.28. The van der Waals surface area contributed by atoms with Crippen LogP contribution in [0.25, 0.3) is 16.5 Å². The maximum absolute atomic E-state index is 12.2. The summed E-state index contributed by atoms with van der Waals surface area (Å²) >= 11 is 1.54. The van der Waals surface area contributed by atoms with Gasteiger partial charge >= 0.3 is 0 Å². The number of benzene rings is 1. The summed E-state index contributed by atoms with van der Waals surface area (Å²) in [6.07, 6.45) is 4.63. The number of fused-ring (bicyclic) bond motifs is 1. The van der Waals surface area contributed by atoms with Crippen LogP contribution in [0.5, 0.6) is 0 Å². The number of nitrogens with zero attached hydrogens (tertiary/aromatic N) is 3. The maximum Gasteiger partial charge on any atom is 0.271 e. The van der Waals surface area contributed by atoms with Crippen molar-refractivity contribution in [3.8, 4) is 0 Å². The Labute approximate surface area is 179 Å². The SMILES string of the molecule is Cc1nc(C(=O)NCCCNc2cc(N)nc3cc(C4=CC=NC4)ccc23)c(C)s1. The molecular formula is C22H24N6OS. The quantitative estimate of drug-likeness (QED) is 0.507. The molecule has 0 aliphatic carbocycles. The normalized spacial score (nSPS) is 12.9. The molecule has 3 aromatic rings. The number of aromatic nitrogens is 2. The molecule has 1 amide bonds. The molecule has 4 rings (SSSR count). The Hall–Kier alpha value is -3.26. The lowest BCUT2D eigenvalue weighted by Crippen LogP contribution is -2.26. The van der Waals surface area contributed by atoms with Crippen LogP contribution in [0.2, 0.25) is 0 Å². The molecule has 30 heavy (non-hydrogen) atoms. The van der Waals surface area contributed by atoms with Gasteiger partial charge in [-0.2, -0.15) is 0 Å². The molecule has 0 spiro atoms. The van der Waals surface area contributed by atoms with Crippen LogP contribution in [0.4, 0.5) is 11.5 Å². The first kappa shape index (κ1) is 20.0. The van der Waals surface area contributed by atoms with E-state index >= 15 is 0 Å². The second-order valence-electron chi connectivity index (χ2n) is 7.18. The summed E-state index contributed by atoms with van der Waals surface area (Å²) in [7, 11) is 0. The number of carbonyl (C=O) groups excluding carboxylic acids is 1. The van der Waals surface area contributed by atoms with E-state index in [1.807, 2.05) is 32.2 Å². The molecule has 2 aromatic heterocycles. The van der Waals surface area contributed by atoms with Crippen LogP contribution in [0.3, 0.4) is 0 Å². The molecule has 1 aliphatic heterocycles. The fourth-order valence-electron chi connectivity index (χ4n) is 3.47. The van der Waals surface area contributed by atoms with E-state index in [9.17, 15) is 4.79 Å². The van der Waals surface area contributed by atoms with E-state index in [4.69, 9.17) is 5.73 Å². The molecule has 0 radical (unpaired) electrons. The molecular weight excluding hydrogens is 396 g/mol. The molecule has 0 unspecified atom stereocenters. The summed E-state index contributed by atoms with van der Waals surface area (Å²) in [5, 5.41) is 8.28. The lowest BCUT2D eigenvalue weighted by molar-refractivity contribution is 0.0948. The van der Waals surface area contributed by atoms with Crippen LogP contribution in [-0.2, 0) is 0 Å². The lowest BCUT2D eigenvalue weighted by atomic mass is 10.0. The predicted molar refractivity (Wildman–Crippen MR) is 125 cm³/mol. The third-order valence-electron chi connectivity index (χ3n) is 4.92. The molecule has 8 heteroatoms. The van der Waals surface area contributed by atoms with Gasteiger partial charge in [0.2, 0.25) is 0 Å². The summed E-state index contributed by atoms with van der Waals surface area (Å²) in [5.41, 5.74) is 10.6.